The molecular weight excluding hydrogens is 150 g/mol. The molecule has 0 aromatic heterocycles. The Labute approximate surface area is 61.1 Å². The van der Waals surface area contributed by atoms with Gasteiger partial charge in [-0.2, -0.15) is 4.21 Å². The Hall–Kier alpha value is -1.03. The minimum absolute atomic E-state index is 0.834. The first-order chi connectivity index (χ1) is 4.88. The molecule has 1 unspecified atom stereocenters. The van der Waals surface area contributed by atoms with Gasteiger partial charge in [-0.25, -0.2) is 4.31 Å². The van der Waals surface area contributed by atoms with Crippen LogP contribution in [0, 0.1) is 0 Å². The minimum Gasteiger partial charge on any atom is -0.390 e. The molecule has 1 atom stereocenters. The second kappa shape index (κ2) is 1.98. The van der Waals surface area contributed by atoms with E-state index < -0.39 is 11.3 Å². The SMILES string of the molecule is O=S1OC=C2C=CC=CN21. The van der Waals surface area contributed by atoms with Crippen molar-refractivity contribution >= 4 is 11.3 Å². The summed E-state index contributed by atoms with van der Waals surface area (Å²) in [5.74, 6) is 0. The van der Waals surface area contributed by atoms with Gasteiger partial charge in [0.05, 0.1) is 5.70 Å². The Morgan fingerprint density at radius 2 is 2.40 bits per heavy atom. The van der Waals surface area contributed by atoms with Crippen LogP contribution in [-0.2, 0) is 15.4 Å². The number of allylic oxidation sites excluding steroid dienone is 3. The second-order valence-corrected chi connectivity index (χ2v) is 2.90. The van der Waals surface area contributed by atoms with Crippen LogP contribution in [-0.4, -0.2) is 8.51 Å². The van der Waals surface area contributed by atoms with E-state index in [4.69, 9.17) is 4.18 Å². The van der Waals surface area contributed by atoms with Gasteiger partial charge in [0.25, 0.3) is 0 Å². The van der Waals surface area contributed by atoms with Gasteiger partial charge in [-0.3, -0.25) is 0 Å². The number of hydrogen-bond donors (Lipinski definition) is 0. The molecule has 0 aliphatic carbocycles. The topological polar surface area (TPSA) is 29.5 Å². The Balaban J connectivity index is 2.39. The lowest BCUT2D eigenvalue weighted by molar-refractivity contribution is 0.504. The zero-order valence-electron chi connectivity index (χ0n) is 5.06. The Kier molecular flexibility index (Phi) is 1.14. The van der Waals surface area contributed by atoms with Crippen molar-refractivity contribution in [3.8, 4) is 0 Å². The first-order valence-electron chi connectivity index (χ1n) is 2.81. The van der Waals surface area contributed by atoms with Gasteiger partial charge >= 0.3 is 11.3 Å². The molecule has 0 fully saturated rings. The fraction of sp³-hybridized carbons (Fsp3) is 0. The summed E-state index contributed by atoms with van der Waals surface area (Å²) in [5, 5.41) is 0. The predicted molar refractivity (Wildman–Crippen MR) is 37.4 cm³/mol. The first kappa shape index (κ1) is 5.73. The van der Waals surface area contributed by atoms with Gasteiger partial charge in [0, 0.05) is 6.20 Å². The highest BCUT2D eigenvalue weighted by Gasteiger charge is 2.21. The van der Waals surface area contributed by atoms with E-state index in [1.54, 1.807) is 10.5 Å². The summed E-state index contributed by atoms with van der Waals surface area (Å²) in [6, 6.07) is 0. The Morgan fingerprint density at radius 1 is 1.50 bits per heavy atom. The van der Waals surface area contributed by atoms with Gasteiger partial charge < -0.3 is 4.18 Å². The third-order valence-corrected chi connectivity index (χ3v) is 2.18. The van der Waals surface area contributed by atoms with Crippen LogP contribution in [0.4, 0.5) is 0 Å². The summed E-state index contributed by atoms with van der Waals surface area (Å²) < 4.78 is 17.2. The molecule has 10 heavy (non-hydrogen) atoms. The molecule has 0 radical (unpaired) electrons. The standard InChI is InChI=1S/C6H5NO2S/c8-10-7-4-2-1-3-6(7)5-9-10/h1-5H. The van der Waals surface area contributed by atoms with Crippen molar-refractivity contribution in [2.75, 3.05) is 0 Å². The monoisotopic (exact) mass is 155 g/mol. The average Bonchev–Trinajstić information content (AvgIpc) is 2.34. The molecule has 2 heterocycles. The van der Waals surface area contributed by atoms with E-state index in [2.05, 4.69) is 0 Å². The van der Waals surface area contributed by atoms with E-state index in [0.29, 0.717) is 0 Å². The van der Waals surface area contributed by atoms with Gasteiger partial charge in [-0.1, -0.05) is 6.08 Å². The fourth-order valence-electron chi connectivity index (χ4n) is 0.805. The van der Waals surface area contributed by atoms with Gasteiger partial charge in [-0.15, -0.1) is 0 Å². The summed E-state index contributed by atoms with van der Waals surface area (Å²) in [6.07, 6.45) is 8.72. The summed E-state index contributed by atoms with van der Waals surface area (Å²) in [6.45, 7) is 0. The van der Waals surface area contributed by atoms with Crippen LogP contribution in [0.1, 0.15) is 0 Å². The Morgan fingerprint density at radius 3 is 3.20 bits per heavy atom. The smallest absolute Gasteiger partial charge is 0.322 e. The summed E-state index contributed by atoms with van der Waals surface area (Å²) in [5.41, 5.74) is 0.834. The van der Waals surface area contributed by atoms with E-state index in [-0.39, 0.29) is 0 Å². The number of nitrogens with zero attached hydrogens (tertiary/aromatic N) is 1. The third-order valence-electron chi connectivity index (χ3n) is 1.27. The molecule has 4 heteroatoms. The van der Waals surface area contributed by atoms with Gasteiger partial charge in [0.2, 0.25) is 0 Å². The molecule has 2 rings (SSSR count). The lowest BCUT2D eigenvalue weighted by atomic mass is 10.3. The molecule has 0 bridgehead atoms. The highest BCUT2D eigenvalue weighted by Crippen LogP contribution is 2.21. The van der Waals surface area contributed by atoms with Crippen LogP contribution < -0.4 is 0 Å². The largest absolute Gasteiger partial charge is 0.390 e. The van der Waals surface area contributed by atoms with E-state index in [0.717, 1.165) is 5.70 Å². The highest BCUT2D eigenvalue weighted by molar-refractivity contribution is 7.78. The average molecular weight is 155 g/mol. The quantitative estimate of drug-likeness (QED) is 0.518. The normalized spacial score (nSPS) is 27.8. The van der Waals surface area contributed by atoms with Crippen LogP contribution >= 0.6 is 0 Å². The molecular formula is C6H5NO2S. The van der Waals surface area contributed by atoms with Crippen molar-refractivity contribution in [1.29, 1.82) is 0 Å². The second-order valence-electron chi connectivity index (χ2n) is 1.88. The molecule has 3 nitrogen and oxygen atoms in total. The maximum Gasteiger partial charge on any atom is 0.322 e. The van der Waals surface area contributed by atoms with Crippen LogP contribution in [0.5, 0.6) is 0 Å². The van der Waals surface area contributed by atoms with Crippen molar-refractivity contribution in [2.45, 2.75) is 0 Å². The maximum atomic E-state index is 10.9. The predicted octanol–water partition coefficient (Wildman–Crippen LogP) is 0.822. The molecule has 0 spiro atoms. The summed E-state index contributed by atoms with van der Waals surface area (Å²) in [4.78, 5) is 0. The van der Waals surface area contributed by atoms with Crippen LogP contribution in [0.15, 0.2) is 36.4 Å². The maximum absolute atomic E-state index is 10.9. The molecule has 2 aliphatic rings. The molecule has 52 valence electrons. The van der Waals surface area contributed by atoms with E-state index in [1.807, 2.05) is 18.2 Å². The van der Waals surface area contributed by atoms with Gasteiger partial charge in [0.1, 0.15) is 6.26 Å². The van der Waals surface area contributed by atoms with Crippen molar-refractivity contribution in [2.24, 2.45) is 0 Å². The van der Waals surface area contributed by atoms with Gasteiger partial charge in [0.15, 0.2) is 0 Å². The third kappa shape index (κ3) is 0.690. The minimum atomic E-state index is -1.34. The molecule has 0 N–H and O–H groups in total. The Bertz CT molecular complexity index is 267. The number of fused-ring (bicyclic) bond motifs is 1. The highest BCUT2D eigenvalue weighted by atomic mass is 32.2. The zero-order chi connectivity index (χ0) is 6.97. The molecule has 0 aromatic carbocycles. The summed E-state index contributed by atoms with van der Waals surface area (Å²) in [7, 11) is 0. The van der Waals surface area contributed by atoms with Crippen LogP contribution in [0.3, 0.4) is 0 Å². The fourth-order valence-corrected chi connectivity index (χ4v) is 1.52. The molecule has 0 saturated carbocycles. The van der Waals surface area contributed by atoms with Gasteiger partial charge in [-0.05, 0) is 12.2 Å². The lowest BCUT2D eigenvalue weighted by Crippen LogP contribution is -2.13. The van der Waals surface area contributed by atoms with Crippen molar-refractivity contribution in [1.82, 2.24) is 4.31 Å². The van der Waals surface area contributed by atoms with Crippen LogP contribution in [0.2, 0.25) is 0 Å². The number of rotatable bonds is 0. The molecule has 0 amide bonds. The van der Waals surface area contributed by atoms with E-state index in [1.165, 1.54) is 6.26 Å². The zero-order valence-corrected chi connectivity index (χ0v) is 5.88. The molecule has 2 aliphatic heterocycles. The molecule has 0 aromatic rings. The summed E-state index contributed by atoms with van der Waals surface area (Å²) >= 11 is -1.34. The molecule has 0 saturated heterocycles. The van der Waals surface area contributed by atoms with Crippen molar-refractivity contribution < 1.29 is 8.39 Å². The lowest BCUT2D eigenvalue weighted by Gasteiger charge is -2.10. The first-order valence-corrected chi connectivity index (χ1v) is 3.84. The van der Waals surface area contributed by atoms with E-state index >= 15 is 0 Å². The van der Waals surface area contributed by atoms with Crippen LogP contribution in [0.25, 0.3) is 0 Å². The van der Waals surface area contributed by atoms with Crippen molar-refractivity contribution in [3.05, 3.63) is 36.4 Å². The number of hydrogen-bond acceptors (Lipinski definition) is 2. The van der Waals surface area contributed by atoms with Crippen molar-refractivity contribution in [3.63, 3.8) is 0 Å². The van der Waals surface area contributed by atoms with E-state index in [9.17, 15) is 4.21 Å².